The third-order valence-electron chi connectivity index (χ3n) is 4.30. The van der Waals surface area contributed by atoms with Gasteiger partial charge in [0.25, 0.3) is 5.56 Å². The molecule has 0 radical (unpaired) electrons. The normalized spacial score (nSPS) is 11.0. The van der Waals surface area contributed by atoms with Crippen LogP contribution in [0.3, 0.4) is 0 Å². The molecule has 3 heteroatoms. The summed E-state index contributed by atoms with van der Waals surface area (Å²) in [5.41, 5.74) is 6.74. The first-order valence-electron chi connectivity index (χ1n) is 7.06. The highest BCUT2D eigenvalue weighted by Crippen LogP contribution is 2.33. The molecule has 0 aliphatic heterocycles. The van der Waals surface area contributed by atoms with E-state index in [4.69, 9.17) is 0 Å². The number of rotatable bonds is 1. The van der Waals surface area contributed by atoms with Crippen molar-refractivity contribution >= 4 is 10.8 Å². The predicted octanol–water partition coefficient (Wildman–Crippen LogP) is 3.82. The molecule has 3 rings (SSSR count). The second-order valence-corrected chi connectivity index (χ2v) is 5.58. The second kappa shape index (κ2) is 4.85. The molecular weight excluding hydrogens is 260 g/mol. The standard InChI is InChI=1S/C18H18N2O/c1-10-9-11(2)13(4)16(12(10)3)17-14-7-5-6-8-15(14)18(21)20-19-17/h5-9H,1-4H3,(H,20,21). The van der Waals surface area contributed by atoms with Gasteiger partial charge in [-0.1, -0.05) is 24.3 Å². The van der Waals surface area contributed by atoms with Crippen molar-refractivity contribution in [1.29, 1.82) is 0 Å². The second-order valence-electron chi connectivity index (χ2n) is 5.58. The molecule has 1 N–H and O–H groups in total. The first-order valence-corrected chi connectivity index (χ1v) is 7.06. The summed E-state index contributed by atoms with van der Waals surface area (Å²) in [6, 6.07) is 9.82. The molecule has 106 valence electrons. The van der Waals surface area contributed by atoms with Crippen molar-refractivity contribution in [2.75, 3.05) is 0 Å². The van der Waals surface area contributed by atoms with Gasteiger partial charge in [0.1, 0.15) is 0 Å². The topological polar surface area (TPSA) is 45.8 Å². The molecule has 0 spiro atoms. The van der Waals surface area contributed by atoms with E-state index in [0.717, 1.165) is 16.6 Å². The number of aromatic amines is 1. The molecule has 0 saturated carbocycles. The van der Waals surface area contributed by atoms with Gasteiger partial charge >= 0.3 is 0 Å². The van der Waals surface area contributed by atoms with E-state index in [-0.39, 0.29) is 5.56 Å². The summed E-state index contributed by atoms with van der Waals surface area (Å²) in [7, 11) is 0. The monoisotopic (exact) mass is 278 g/mol. The molecule has 0 fully saturated rings. The third-order valence-corrected chi connectivity index (χ3v) is 4.30. The average Bonchev–Trinajstić information content (AvgIpc) is 2.48. The Kier molecular flexibility index (Phi) is 3.13. The average molecular weight is 278 g/mol. The SMILES string of the molecule is Cc1cc(C)c(C)c(-c2n[nH]c(=O)c3ccccc23)c1C. The summed E-state index contributed by atoms with van der Waals surface area (Å²) in [5, 5.41) is 8.55. The molecule has 3 aromatic rings. The Morgan fingerprint density at radius 2 is 1.48 bits per heavy atom. The zero-order valence-electron chi connectivity index (χ0n) is 12.7. The van der Waals surface area contributed by atoms with Crippen LogP contribution < -0.4 is 5.56 Å². The van der Waals surface area contributed by atoms with Gasteiger partial charge in [-0.25, -0.2) is 5.10 Å². The molecule has 0 saturated heterocycles. The number of hydrogen-bond donors (Lipinski definition) is 1. The number of nitrogens with zero attached hydrogens (tertiary/aromatic N) is 1. The number of H-pyrrole nitrogens is 1. The van der Waals surface area contributed by atoms with Crippen molar-refractivity contribution in [3.8, 4) is 11.3 Å². The molecule has 1 aromatic heterocycles. The largest absolute Gasteiger partial charge is 0.272 e. The Morgan fingerprint density at radius 1 is 0.905 bits per heavy atom. The third kappa shape index (κ3) is 2.05. The molecule has 3 nitrogen and oxygen atoms in total. The highest BCUT2D eigenvalue weighted by atomic mass is 16.1. The number of aryl methyl sites for hydroxylation is 2. The Hall–Kier alpha value is -2.42. The fourth-order valence-corrected chi connectivity index (χ4v) is 2.88. The lowest BCUT2D eigenvalue weighted by molar-refractivity contribution is 1.01. The zero-order valence-corrected chi connectivity index (χ0v) is 12.7. The summed E-state index contributed by atoms with van der Waals surface area (Å²) in [6.45, 7) is 8.44. The van der Waals surface area contributed by atoms with Crippen LogP contribution in [0.4, 0.5) is 0 Å². The lowest BCUT2D eigenvalue weighted by Crippen LogP contribution is -2.10. The van der Waals surface area contributed by atoms with E-state index < -0.39 is 0 Å². The fourth-order valence-electron chi connectivity index (χ4n) is 2.88. The molecule has 21 heavy (non-hydrogen) atoms. The number of hydrogen-bond acceptors (Lipinski definition) is 2. The van der Waals surface area contributed by atoms with Crippen LogP contribution in [-0.4, -0.2) is 10.2 Å². The van der Waals surface area contributed by atoms with Crippen molar-refractivity contribution in [2.45, 2.75) is 27.7 Å². The molecule has 0 aliphatic rings. The van der Waals surface area contributed by atoms with E-state index in [1.807, 2.05) is 24.3 Å². The van der Waals surface area contributed by atoms with Crippen LogP contribution in [0.2, 0.25) is 0 Å². The van der Waals surface area contributed by atoms with Gasteiger partial charge in [0.15, 0.2) is 0 Å². The molecule has 0 bridgehead atoms. The van der Waals surface area contributed by atoms with E-state index in [1.54, 1.807) is 0 Å². The van der Waals surface area contributed by atoms with Crippen LogP contribution in [0.15, 0.2) is 35.1 Å². The molecule has 0 aliphatic carbocycles. The van der Waals surface area contributed by atoms with Gasteiger partial charge in [-0.05, 0) is 56.0 Å². The highest BCUT2D eigenvalue weighted by Gasteiger charge is 2.15. The minimum Gasteiger partial charge on any atom is -0.267 e. The summed E-state index contributed by atoms with van der Waals surface area (Å²) >= 11 is 0. The Labute approximate surface area is 123 Å². The van der Waals surface area contributed by atoms with E-state index in [1.165, 1.54) is 22.3 Å². The molecular formula is C18H18N2O. The van der Waals surface area contributed by atoms with Gasteiger partial charge in [-0.2, -0.15) is 5.10 Å². The lowest BCUT2D eigenvalue weighted by Gasteiger charge is -2.15. The summed E-state index contributed by atoms with van der Waals surface area (Å²) in [5.74, 6) is 0. The Bertz CT molecular complexity index is 881. The number of benzene rings is 2. The van der Waals surface area contributed by atoms with E-state index in [9.17, 15) is 4.79 Å². The van der Waals surface area contributed by atoms with Crippen LogP contribution in [0, 0.1) is 27.7 Å². The molecule has 0 amide bonds. The first-order chi connectivity index (χ1) is 10.0. The van der Waals surface area contributed by atoms with Gasteiger partial charge in [-0.3, -0.25) is 4.79 Å². The summed E-state index contributed by atoms with van der Waals surface area (Å²) in [6.07, 6.45) is 0. The number of nitrogens with one attached hydrogen (secondary N) is 1. The Balaban J connectivity index is 2.48. The maximum absolute atomic E-state index is 11.9. The summed E-state index contributed by atoms with van der Waals surface area (Å²) < 4.78 is 0. The molecule has 0 unspecified atom stereocenters. The predicted molar refractivity (Wildman–Crippen MR) is 86.7 cm³/mol. The Morgan fingerprint density at radius 3 is 2.10 bits per heavy atom. The van der Waals surface area contributed by atoms with E-state index in [0.29, 0.717) is 5.39 Å². The van der Waals surface area contributed by atoms with Gasteiger partial charge in [-0.15, -0.1) is 0 Å². The van der Waals surface area contributed by atoms with Gasteiger partial charge < -0.3 is 0 Å². The minimum atomic E-state index is -0.144. The lowest BCUT2D eigenvalue weighted by atomic mass is 9.90. The van der Waals surface area contributed by atoms with Crippen molar-refractivity contribution in [1.82, 2.24) is 10.2 Å². The zero-order chi connectivity index (χ0) is 15.1. The van der Waals surface area contributed by atoms with Gasteiger partial charge in [0.05, 0.1) is 11.1 Å². The number of fused-ring (bicyclic) bond motifs is 1. The first kappa shape index (κ1) is 13.6. The van der Waals surface area contributed by atoms with Crippen LogP contribution >= 0.6 is 0 Å². The summed E-state index contributed by atoms with van der Waals surface area (Å²) in [4.78, 5) is 11.9. The van der Waals surface area contributed by atoms with Crippen molar-refractivity contribution in [3.63, 3.8) is 0 Å². The van der Waals surface area contributed by atoms with Crippen LogP contribution in [-0.2, 0) is 0 Å². The van der Waals surface area contributed by atoms with E-state index >= 15 is 0 Å². The minimum absolute atomic E-state index is 0.144. The highest BCUT2D eigenvalue weighted by molar-refractivity contribution is 5.95. The molecule has 2 aromatic carbocycles. The molecule has 1 heterocycles. The van der Waals surface area contributed by atoms with E-state index in [2.05, 4.69) is 44.0 Å². The van der Waals surface area contributed by atoms with Crippen molar-refractivity contribution in [3.05, 3.63) is 62.9 Å². The number of aromatic nitrogens is 2. The van der Waals surface area contributed by atoms with Crippen LogP contribution in [0.25, 0.3) is 22.0 Å². The van der Waals surface area contributed by atoms with Gasteiger partial charge in [0.2, 0.25) is 0 Å². The maximum atomic E-state index is 11.9. The van der Waals surface area contributed by atoms with Gasteiger partial charge in [0, 0.05) is 10.9 Å². The van der Waals surface area contributed by atoms with Crippen molar-refractivity contribution in [2.24, 2.45) is 0 Å². The quantitative estimate of drug-likeness (QED) is 0.735. The smallest absolute Gasteiger partial charge is 0.267 e. The maximum Gasteiger partial charge on any atom is 0.272 e. The van der Waals surface area contributed by atoms with Crippen LogP contribution in [0.1, 0.15) is 22.3 Å². The van der Waals surface area contributed by atoms with Crippen LogP contribution in [0.5, 0.6) is 0 Å². The fraction of sp³-hybridized carbons (Fsp3) is 0.222. The van der Waals surface area contributed by atoms with Crippen molar-refractivity contribution < 1.29 is 0 Å². The molecule has 0 atom stereocenters.